The van der Waals surface area contributed by atoms with Crippen LogP contribution in [0.2, 0.25) is 0 Å². The molecule has 2 aromatic heterocycles. The van der Waals surface area contributed by atoms with Crippen molar-refractivity contribution in [3.05, 3.63) is 47.8 Å². The molecular weight excluding hydrogens is 418 g/mol. The normalized spacial score (nSPS) is 16.8. The molecule has 0 aliphatic heterocycles. The Morgan fingerprint density at radius 2 is 1.76 bits per heavy atom. The minimum atomic E-state index is 0.412. The first-order valence-electron chi connectivity index (χ1n) is 11.3. The zero-order chi connectivity index (χ0) is 23.5. The van der Waals surface area contributed by atoms with Crippen molar-refractivity contribution in [1.29, 1.82) is 0 Å². The highest BCUT2D eigenvalue weighted by Crippen LogP contribution is 2.46. The Hall–Kier alpha value is -3.55. The molecular formula is C25H31N5O3. The van der Waals surface area contributed by atoms with E-state index in [2.05, 4.69) is 12.2 Å². The van der Waals surface area contributed by atoms with Crippen LogP contribution in [0.4, 0.5) is 5.95 Å². The Labute approximate surface area is 193 Å². The van der Waals surface area contributed by atoms with Crippen LogP contribution in [0.5, 0.6) is 17.2 Å². The van der Waals surface area contributed by atoms with Gasteiger partial charge in [0.25, 0.3) is 0 Å². The molecule has 1 fully saturated rings. The molecule has 0 spiro atoms. The van der Waals surface area contributed by atoms with Crippen LogP contribution >= 0.6 is 0 Å². The van der Waals surface area contributed by atoms with Gasteiger partial charge >= 0.3 is 0 Å². The molecule has 1 aliphatic carbocycles. The number of methoxy groups -OCH3 is 3. The van der Waals surface area contributed by atoms with Gasteiger partial charge in [-0.05, 0) is 36.6 Å². The molecule has 4 aromatic rings. The molecule has 33 heavy (non-hydrogen) atoms. The van der Waals surface area contributed by atoms with E-state index in [4.69, 9.17) is 29.3 Å². The summed E-state index contributed by atoms with van der Waals surface area (Å²) in [6.45, 7) is 6.73. The molecule has 174 valence electrons. The number of rotatable bonds is 7. The van der Waals surface area contributed by atoms with E-state index in [-0.39, 0.29) is 0 Å². The third-order valence-corrected chi connectivity index (χ3v) is 5.87. The number of fused-ring (bicyclic) bond motifs is 3. The Kier molecular flexibility index (Phi) is 6.53. The molecule has 2 heterocycles. The van der Waals surface area contributed by atoms with Gasteiger partial charge in [-0.15, -0.1) is 5.10 Å². The molecule has 1 N–H and O–H groups in total. The van der Waals surface area contributed by atoms with Gasteiger partial charge in [0.1, 0.15) is 22.8 Å². The summed E-state index contributed by atoms with van der Waals surface area (Å²) >= 11 is 0. The average Bonchev–Trinajstić information content (AvgIpc) is 3.42. The lowest BCUT2D eigenvalue weighted by Crippen LogP contribution is -2.09. The number of hydrogen-bond acceptors (Lipinski definition) is 7. The van der Waals surface area contributed by atoms with Gasteiger partial charge in [-0.3, -0.25) is 0 Å². The van der Waals surface area contributed by atoms with Gasteiger partial charge in [-0.1, -0.05) is 26.8 Å². The maximum Gasteiger partial charge on any atom is 0.226 e. The van der Waals surface area contributed by atoms with Crippen LogP contribution < -0.4 is 19.5 Å². The van der Waals surface area contributed by atoms with Crippen molar-refractivity contribution < 1.29 is 14.2 Å². The van der Waals surface area contributed by atoms with E-state index >= 15 is 0 Å². The SMILES string of the molecule is CC.COc1ccc(CNc2nc3c(OC)cccc3c3nc(C4CC4C)nn23)c(OC)c1. The average molecular weight is 450 g/mol. The highest BCUT2D eigenvalue weighted by atomic mass is 16.5. The molecule has 0 bridgehead atoms. The lowest BCUT2D eigenvalue weighted by Gasteiger charge is -2.13. The molecule has 2 unspecified atom stereocenters. The largest absolute Gasteiger partial charge is 0.497 e. The topological polar surface area (TPSA) is 82.8 Å². The van der Waals surface area contributed by atoms with Crippen molar-refractivity contribution in [1.82, 2.24) is 19.6 Å². The Bertz CT molecular complexity index is 1270. The molecule has 5 rings (SSSR count). The monoisotopic (exact) mass is 449 g/mol. The van der Waals surface area contributed by atoms with E-state index < -0.39 is 0 Å². The summed E-state index contributed by atoms with van der Waals surface area (Å²) in [6.07, 6.45) is 1.12. The third kappa shape index (κ3) is 4.25. The molecule has 1 aliphatic rings. The number of nitrogens with zero attached hydrogens (tertiary/aromatic N) is 4. The van der Waals surface area contributed by atoms with Gasteiger partial charge < -0.3 is 19.5 Å². The molecule has 1 saturated carbocycles. The van der Waals surface area contributed by atoms with Crippen molar-refractivity contribution in [3.63, 3.8) is 0 Å². The van der Waals surface area contributed by atoms with Crippen LogP contribution in [0.3, 0.4) is 0 Å². The molecule has 2 aromatic carbocycles. The summed E-state index contributed by atoms with van der Waals surface area (Å²) in [5, 5.41) is 9.13. The summed E-state index contributed by atoms with van der Waals surface area (Å²) in [5.74, 6) is 4.70. The molecule has 0 radical (unpaired) electrons. The Morgan fingerprint density at radius 1 is 1.00 bits per heavy atom. The van der Waals surface area contributed by atoms with Crippen LogP contribution in [0.15, 0.2) is 36.4 Å². The second-order valence-electron chi connectivity index (χ2n) is 7.85. The van der Waals surface area contributed by atoms with Crippen LogP contribution in [0.25, 0.3) is 16.6 Å². The Balaban J connectivity index is 0.00000126. The number of benzene rings is 2. The lowest BCUT2D eigenvalue weighted by molar-refractivity contribution is 0.391. The highest BCUT2D eigenvalue weighted by molar-refractivity contribution is 5.96. The molecule has 8 nitrogen and oxygen atoms in total. The maximum atomic E-state index is 5.56. The number of ether oxygens (including phenoxy) is 3. The predicted molar refractivity (Wildman–Crippen MR) is 130 cm³/mol. The Morgan fingerprint density at radius 3 is 2.42 bits per heavy atom. The van der Waals surface area contributed by atoms with Gasteiger partial charge in [-0.2, -0.15) is 4.52 Å². The minimum Gasteiger partial charge on any atom is -0.497 e. The number of anilines is 1. The van der Waals surface area contributed by atoms with Crippen molar-refractivity contribution in [3.8, 4) is 17.2 Å². The van der Waals surface area contributed by atoms with Gasteiger partial charge in [0.2, 0.25) is 5.95 Å². The van der Waals surface area contributed by atoms with Crippen molar-refractivity contribution >= 4 is 22.5 Å². The first kappa shape index (κ1) is 22.6. The summed E-state index contributed by atoms with van der Waals surface area (Å²) < 4.78 is 18.2. The number of aromatic nitrogens is 4. The van der Waals surface area contributed by atoms with Crippen molar-refractivity contribution in [2.75, 3.05) is 26.6 Å². The lowest BCUT2D eigenvalue weighted by atomic mass is 10.2. The first-order chi connectivity index (χ1) is 16.1. The predicted octanol–water partition coefficient (Wildman–Crippen LogP) is 5.07. The summed E-state index contributed by atoms with van der Waals surface area (Å²) in [7, 11) is 4.94. The van der Waals surface area contributed by atoms with Crippen molar-refractivity contribution in [2.24, 2.45) is 5.92 Å². The maximum absolute atomic E-state index is 5.56. The van der Waals surface area contributed by atoms with Crippen molar-refractivity contribution in [2.45, 2.75) is 39.7 Å². The molecule has 0 saturated heterocycles. The summed E-state index contributed by atoms with van der Waals surface area (Å²) in [6, 6.07) is 11.6. The number of hydrogen-bond donors (Lipinski definition) is 1. The van der Waals surface area contributed by atoms with E-state index in [1.54, 1.807) is 25.8 Å². The van der Waals surface area contributed by atoms with E-state index in [0.29, 0.717) is 30.1 Å². The smallest absolute Gasteiger partial charge is 0.226 e. The van der Waals surface area contributed by atoms with Crippen LogP contribution in [-0.4, -0.2) is 40.9 Å². The fourth-order valence-corrected chi connectivity index (χ4v) is 3.91. The zero-order valence-electron chi connectivity index (χ0n) is 20.0. The summed E-state index contributed by atoms with van der Waals surface area (Å²) in [5.41, 5.74) is 2.52. The van der Waals surface area contributed by atoms with Gasteiger partial charge in [0.15, 0.2) is 11.5 Å². The first-order valence-corrected chi connectivity index (χ1v) is 11.3. The standard InChI is InChI=1S/C23H25N5O3.C2H6/c1-13-10-17(13)21-26-22-16-6-5-7-18(30-3)20(16)25-23(28(22)27-21)24-12-14-8-9-15(29-2)11-19(14)31-4;1-2/h5-9,11,13,17H,10,12H2,1-4H3,(H,24,25);1-2H3. The van der Waals surface area contributed by atoms with Gasteiger partial charge in [0, 0.05) is 29.5 Å². The third-order valence-electron chi connectivity index (χ3n) is 5.87. The molecule has 2 atom stereocenters. The quantitative estimate of drug-likeness (QED) is 0.422. The van der Waals surface area contributed by atoms with E-state index in [9.17, 15) is 0 Å². The number of nitrogens with one attached hydrogen (secondary N) is 1. The van der Waals surface area contributed by atoms with Crippen LogP contribution in [-0.2, 0) is 6.54 Å². The second kappa shape index (κ2) is 9.52. The highest BCUT2D eigenvalue weighted by Gasteiger charge is 2.38. The van der Waals surface area contributed by atoms with E-state index in [0.717, 1.165) is 45.9 Å². The number of para-hydroxylation sites is 1. The van der Waals surface area contributed by atoms with Gasteiger partial charge in [-0.25, -0.2) is 9.97 Å². The zero-order valence-corrected chi connectivity index (χ0v) is 20.0. The van der Waals surface area contributed by atoms with Gasteiger partial charge in [0.05, 0.1) is 21.3 Å². The fraction of sp³-hybridized carbons (Fsp3) is 0.400. The second-order valence-corrected chi connectivity index (χ2v) is 7.85. The molecule has 0 amide bonds. The minimum absolute atomic E-state index is 0.412. The van der Waals surface area contributed by atoms with E-state index in [1.165, 1.54) is 0 Å². The van der Waals surface area contributed by atoms with E-state index in [1.807, 2.05) is 50.2 Å². The van der Waals surface area contributed by atoms with Crippen LogP contribution in [0, 0.1) is 5.92 Å². The summed E-state index contributed by atoms with van der Waals surface area (Å²) in [4.78, 5) is 9.73. The molecule has 8 heteroatoms. The van der Waals surface area contributed by atoms with Crippen LogP contribution in [0.1, 0.15) is 44.5 Å². The fourth-order valence-electron chi connectivity index (χ4n) is 3.91.